The van der Waals surface area contributed by atoms with Gasteiger partial charge in [-0.3, -0.25) is 9.89 Å². The lowest BCUT2D eigenvalue weighted by molar-refractivity contribution is -0.0298. The zero-order chi connectivity index (χ0) is 20.7. The minimum atomic E-state index is -0.892. The molecule has 0 atom stereocenters. The summed E-state index contributed by atoms with van der Waals surface area (Å²) in [6.07, 6.45) is 2.08. The van der Waals surface area contributed by atoms with Gasteiger partial charge in [0.05, 0.1) is 18.7 Å². The van der Waals surface area contributed by atoms with Gasteiger partial charge in [-0.05, 0) is 36.6 Å². The van der Waals surface area contributed by atoms with Crippen molar-refractivity contribution in [3.63, 3.8) is 0 Å². The number of carbonyl (C=O) groups excluding carboxylic acids is 1. The van der Waals surface area contributed by atoms with Crippen molar-refractivity contribution in [3.8, 4) is 11.1 Å². The van der Waals surface area contributed by atoms with E-state index in [1.807, 2.05) is 0 Å². The smallest absolute Gasteiger partial charge is 0.272 e. The maximum atomic E-state index is 14.7. The van der Waals surface area contributed by atoms with E-state index >= 15 is 0 Å². The number of amides is 1. The highest BCUT2D eigenvalue weighted by Gasteiger charge is 2.22. The Bertz CT molecular complexity index is 1100. The molecule has 2 aliphatic rings. The van der Waals surface area contributed by atoms with Crippen LogP contribution in [-0.4, -0.2) is 49.0 Å². The van der Waals surface area contributed by atoms with Crippen molar-refractivity contribution >= 4 is 22.5 Å². The number of carbonyl (C=O) groups is 1. The Balaban J connectivity index is 1.49. The minimum absolute atomic E-state index is 0.179. The third-order valence-electron chi connectivity index (χ3n) is 5.83. The summed E-state index contributed by atoms with van der Waals surface area (Å²) in [5.41, 5.74) is 2.26. The average molecular weight is 412 g/mol. The second kappa shape index (κ2) is 7.68. The molecule has 30 heavy (non-hydrogen) atoms. The van der Waals surface area contributed by atoms with E-state index in [9.17, 15) is 13.6 Å². The molecule has 5 rings (SSSR count). The van der Waals surface area contributed by atoms with Crippen molar-refractivity contribution in [1.82, 2.24) is 15.5 Å². The van der Waals surface area contributed by atoms with Crippen LogP contribution >= 0.6 is 0 Å². The van der Waals surface area contributed by atoms with Gasteiger partial charge in [0, 0.05) is 48.3 Å². The third-order valence-corrected chi connectivity index (χ3v) is 5.83. The first-order chi connectivity index (χ1) is 14.6. The number of aromatic nitrogens is 2. The molecule has 1 aromatic heterocycles. The number of halogens is 2. The fourth-order valence-corrected chi connectivity index (χ4v) is 4.02. The Morgan fingerprint density at radius 3 is 2.73 bits per heavy atom. The molecule has 1 amide bonds. The first kappa shape index (κ1) is 19.0. The van der Waals surface area contributed by atoms with Gasteiger partial charge in [-0.25, -0.2) is 8.78 Å². The molecule has 3 aromatic rings. The van der Waals surface area contributed by atoms with Crippen LogP contribution in [0.3, 0.4) is 0 Å². The topological polar surface area (TPSA) is 70.2 Å². The van der Waals surface area contributed by atoms with E-state index in [2.05, 4.69) is 20.4 Å². The van der Waals surface area contributed by atoms with Gasteiger partial charge in [0.1, 0.15) is 0 Å². The SMILES string of the molecule is O=C(NCC1COC1)c1n[nH]c2ccc(-c3cc(N4CCCC4)cc(F)c3F)cc12. The molecule has 2 fully saturated rings. The van der Waals surface area contributed by atoms with Crippen LogP contribution in [0.25, 0.3) is 22.0 Å². The van der Waals surface area contributed by atoms with E-state index in [4.69, 9.17) is 4.74 Å². The van der Waals surface area contributed by atoms with Crippen molar-refractivity contribution in [1.29, 1.82) is 0 Å². The summed E-state index contributed by atoms with van der Waals surface area (Å²) in [5.74, 6) is -1.75. The number of anilines is 1. The molecule has 0 aliphatic carbocycles. The lowest BCUT2D eigenvalue weighted by Crippen LogP contribution is -2.39. The van der Waals surface area contributed by atoms with Gasteiger partial charge in [0.15, 0.2) is 17.3 Å². The third kappa shape index (κ3) is 3.41. The minimum Gasteiger partial charge on any atom is -0.381 e. The first-order valence-corrected chi connectivity index (χ1v) is 10.2. The van der Waals surface area contributed by atoms with Gasteiger partial charge >= 0.3 is 0 Å². The van der Waals surface area contributed by atoms with Crippen molar-refractivity contribution in [2.75, 3.05) is 37.7 Å². The number of hydrogen-bond donors (Lipinski definition) is 2. The van der Waals surface area contributed by atoms with Crippen molar-refractivity contribution < 1.29 is 18.3 Å². The Kier molecular flexibility index (Phi) is 4.86. The molecule has 0 unspecified atom stereocenters. The van der Waals surface area contributed by atoms with Crippen LogP contribution in [0.1, 0.15) is 23.3 Å². The van der Waals surface area contributed by atoms with Gasteiger partial charge < -0.3 is 15.0 Å². The van der Waals surface area contributed by atoms with E-state index in [0.29, 0.717) is 47.8 Å². The maximum absolute atomic E-state index is 14.7. The number of nitrogens with zero attached hydrogens (tertiary/aromatic N) is 2. The maximum Gasteiger partial charge on any atom is 0.272 e. The number of hydrogen-bond acceptors (Lipinski definition) is 4. The zero-order valence-corrected chi connectivity index (χ0v) is 16.4. The fourth-order valence-electron chi connectivity index (χ4n) is 4.02. The van der Waals surface area contributed by atoms with Gasteiger partial charge in [-0.2, -0.15) is 5.10 Å². The van der Waals surface area contributed by atoms with E-state index in [0.717, 1.165) is 25.9 Å². The largest absolute Gasteiger partial charge is 0.381 e. The standard InChI is InChI=1S/C22H22F2N4O2/c23-18-9-15(28-5-1-2-6-28)8-16(20(18)24)14-3-4-19-17(7-14)21(27-26-19)22(29)25-10-13-11-30-12-13/h3-4,7-9,13H,1-2,5-6,10-12H2,(H,25,29)(H,26,27). The highest BCUT2D eigenvalue weighted by molar-refractivity contribution is 6.05. The van der Waals surface area contributed by atoms with Gasteiger partial charge in [0.25, 0.3) is 5.91 Å². The highest BCUT2D eigenvalue weighted by atomic mass is 19.2. The van der Waals surface area contributed by atoms with Gasteiger partial charge in [-0.15, -0.1) is 0 Å². The molecule has 2 N–H and O–H groups in total. The summed E-state index contributed by atoms with van der Waals surface area (Å²) >= 11 is 0. The lowest BCUT2D eigenvalue weighted by Gasteiger charge is -2.25. The summed E-state index contributed by atoms with van der Waals surface area (Å²) in [7, 11) is 0. The van der Waals surface area contributed by atoms with Crippen LogP contribution in [0, 0.1) is 17.6 Å². The zero-order valence-electron chi connectivity index (χ0n) is 16.4. The molecular formula is C22H22F2N4O2. The van der Waals surface area contributed by atoms with E-state index in [1.54, 1.807) is 24.3 Å². The van der Waals surface area contributed by atoms with Crippen LogP contribution in [0.15, 0.2) is 30.3 Å². The van der Waals surface area contributed by atoms with E-state index < -0.39 is 11.6 Å². The van der Waals surface area contributed by atoms with Crippen LogP contribution in [-0.2, 0) is 4.74 Å². The number of H-pyrrole nitrogens is 1. The first-order valence-electron chi connectivity index (χ1n) is 10.2. The summed E-state index contributed by atoms with van der Waals surface area (Å²) in [5, 5.41) is 10.4. The fraction of sp³-hybridized carbons (Fsp3) is 0.364. The molecule has 0 bridgehead atoms. The summed E-state index contributed by atoms with van der Waals surface area (Å²) in [4.78, 5) is 14.6. The van der Waals surface area contributed by atoms with Crippen molar-refractivity contribution in [2.45, 2.75) is 12.8 Å². The molecular weight excluding hydrogens is 390 g/mol. The molecule has 0 saturated carbocycles. The molecule has 3 heterocycles. The predicted octanol–water partition coefficient (Wildman–Crippen LogP) is 3.48. The Labute approximate surface area is 172 Å². The molecule has 8 heteroatoms. The number of benzene rings is 2. The number of fused-ring (bicyclic) bond motifs is 1. The number of rotatable bonds is 5. The van der Waals surface area contributed by atoms with Crippen molar-refractivity contribution in [2.24, 2.45) is 5.92 Å². The van der Waals surface area contributed by atoms with Gasteiger partial charge in [0.2, 0.25) is 0 Å². The monoisotopic (exact) mass is 412 g/mol. The molecule has 2 aromatic carbocycles. The van der Waals surface area contributed by atoms with Crippen LogP contribution in [0.4, 0.5) is 14.5 Å². The Morgan fingerprint density at radius 2 is 2.00 bits per heavy atom. The molecule has 0 radical (unpaired) electrons. The number of aromatic amines is 1. The summed E-state index contributed by atoms with van der Waals surface area (Å²) in [6.45, 7) is 3.47. The quantitative estimate of drug-likeness (QED) is 0.673. The average Bonchev–Trinajstić information content (AvgIpc) is 3.38. The second-order valence-electron chi connectivity index (χ2n) is 7.93. The number of nitrogens with one attached hydrogen (secondary N) is 2. The predicted molar refractivity (Wildman–Crippen MR) is 110 cm³/mol. The van der Waals surface area contributed by atoms with Gasteiger partial charge in [-0.1, -0.05) is 6.07 Å². The summed E-state index contributed by atoms with van der Waals surface area (Å²) < 4.78 is 34.2. The second-order valence-corrected chi connectivity index (χ2v) is 7.93. The molecule has 156 valence electrons. The normalized spacial score (nSPS) is 16.8. The summed E-state index contributed by atoms with van der Waals surface area (Å²) in [6, 6.07) is 8.06. The van der Waals surface area contributed by atoms with Crippen LogP contribution in [0.5, 0.6) is 0 Å². The van der Waals surface area contributed by atoms with E-state index in [-0.39, 0.29) is 17.2 Å². The van der Waals surface area contributed by atoms with Crippen molar-refractivity contribution in [3.05, 3.63) is 47.7 Å². The van der Waals surface area contributed by atoms with Crippen LogP contribution in [0.2, 0.25) is 0 Å². The molecule has 0 spiro atoms. The molecule has 6 nitrogen and oxygen atoms in total. The number of ether oxygens (including phenoxy) is 1. The molecule has 2 saturated heterocycles. The lowest BCUT2D eigenvalue weighted by atomic mass is 10.0. The Morgan fingerprint density at radius 1 is 1.20 bits per heavy atom. The van der Waals surface area contributed by atoms with E-state index in [1.165, 1.54) is 6.07 Å². The molecule has 2 aliphatic heterocycles. The Hall–Kier alpha value is -3.00. The highest BCUT2D eigenvalue weighted by Crippen LogP contribution is 2.33. The van der Waals surface area contributed by atoms with Crippen LogP contribution < -0.4 is 10.2 Å².